The van der Waals surface area contributed by atoms with Gasteiger partial charge in [-0.25, -0.2) is 4.68 Å². The number of carbonyl (C=O) groups excluding carboxylic acids is 1. The molecule has 1 amide bonds. The molecule has 4 bridgehead atoms. The maximum atomic E-state index is 13.3. The van der Waals surface area contributed by atoms with E-state index in [4.69, 9.17) is 0 Å². The molecule has 0 spiro atoms. The fourth-order valence-electron chi connectivity index (χ4n) is 5.97. The Balaban J connectivity index is 1.39. The van der Waals surface area contributed by atoms with Crippen molar-refractivity contribution in [2.45, 2.75) is 56.5 Å². The van der Waals surface area contributed by atoms with E-state index < -0.39 is 0 Å². The predicted molar refractivity (Wildman–Crippen MR) is 113 cm³/mol. The summed E-state index contributed by atoms with van der Waals surface area (Å²) in [5, 5.41) is 9.00. The Labute approximate surface area is 171 Å². The molecule has 0 aliphatic heterocycles. The van der Waals surface area contributed by atoms with Gasteiger partial charge in [0.25, 0.3) is 5.91 Å². The minimum absolute atomic E-state index is 0.0678. The smallest absolute Gasteiger partial charge is 0.255 e. The molecule has 1 aromatic carbocycles. The molecule has 0 unspecified atom stereocenters. The van der Waals surface area contributed by atoms with Crippen molar-refractivity contribution >= 4 is 17.7 Å². The molecule has 6 rings (SSSR count). The summed E-state index contributed by atoms with van der Waals surface area (Å²) in [5.74, 6) is 4.28. The maximum Gasteiger partial charge on any atom is 0.255 e. The van der Waals surface area contributed by atoms with Gasteiger partial charge in [-0.3, -0.25) is 4.79 Å². The Kier molecular flexibility index (Phi) is 4.95. The van der Waals surface area contributed by atoms with Gasteiger partial charge in [-0.2, -0.15) is 5.10 Å². The third-order valence-corrected chi connectivity index (χ3v) is 8.22. The van der Waals surface area contributed by atoms with Gasteiger partial charge >= 0.3 is 0 Å². The molecule has 1 N–H and O–H groups in total. The van der Waals surface area contributed by atoms with Crippen molar-refractivity contribution in [3.63, 3.8) is 0 Å². The number of amides is 1. The molecule has 0 atom stereocenters. The van der Waals surface area contributed by atoms with Crippen molar-refractivity contribution in [2.75, 3.05) is 5.75 Å². The summed E-state index contributed by atoms with van der Waals surface area (Å²) in [6, 6.07) is 10.5. The molecule has 28 heavy (non-hydrogen) atoms. The quantitative estimate of drug-likeness (QED) is 0.706. The van der Waals surface area contributed by atoms with E-state index in [2.05, 4.69) is 17.3 Å². The summed E-state index contributed by atoms with van der Waals surface area (Å²) in [6.45, 7) is 2.17. The Bertz CT molecular complexity index is 819. The fraction of sp³-hybridized carbons (Fsp3) is 0.565. The summed E-state index contributed by atoms with van der Waals surface area (Å²) in [4.78, 5) is 13.3. The average molecular weight is 396 g/mol. The number of hydrogen-bond donors (Lipinski definition) is 1. The number of nitrogens with one attached hydrogen (secondary N) is 1. The number of para-hydroxylation sites is 1. The Morgan fingerprint density at radius 2 is 1.79 bits per heavy atom. The first kappa shape index (κ1) is 18.3. The second-order valence-corrected chi connectivity index (χ2v) is 9.97. The molecule has 4 aliphatic carbocycles. The zero-order valence-electron chi connectivity index (χ0n) is 16.5. The average Bonchev–Trinajstić information content (AvgIpc) is 3.13. The van der Waals surface area contributed by atoms with Crippen LogP contribution in [0.3, 0.4) is 0 Å². The second-order valence-electron chi connectivity index (χ2n) is 8.89. The van der Waals surface area contributed by atoms with Crippen molar-refractivity contribution in [3.8, 4) is 5.69 Å². The van der Waals surface area contributed by atoms with Crippen molar-refractivity contribution in [3.05, 3.63) is 42.1 Å². The third kappa shape index (κ3) is 3.28. The van der Waals surface area contributed by atoms with Crippen LogP contribution >= 0.6 is 11.8 Å². The molecule has 4 fully saturated rings. The summed E-state index contributed by atoms with van der Waals surface area (Å²) in [6.07, 6.45) is 9.54. The first-order valence-electron chi connectivity index (χ1n) is 10.8. The molecule has 5 heteroatoms. The molecule has 2 aromatic rings. The van der Waals surface area contributed by atoms with E-state index in [1.54, 1.807) is 18.0 Å². The van der Waals surface area contributed by atoms with Crippen LogP contribution in [0.1, 0.15) is 55.8 Å². The third-order valence-electron chi connectivity index (χ3n) is 6.94. The monoisotopic (exact) mass is 395 g/mol. The van der Waals surface area contributed by atoms with Crippen LogP contribution in [0.4, 0.5) is 0 Å². The molecule has 1 heterocycles. The van der Waals surface area contributed by atoms with Gasteiger partial charge in [-0.1, -0.05) is 25.1 Å². The lowest BCUT2D eigenvalue weighted by atomic mass is 9.54. The Morgan fingerprint density at radius 3 is 2.43 bits per heavy atom. The van der Waals surface area contributed by atoms with E-state index in [-0.39, 0.29) is 5.91 Å². The number of rotatable bonds is 6. The first-order chi connectivity index (χ1) is 13.7. The largest absolute Gasteiger partial charge is 0.349 e. The summed E-state index contributed by atoms with van der Waals surface area (Å²) < 4.78 is 1.92. The SMILES string of the molecule is CCCSc1c(C(=O)NC2C3CC4CC(C3)CC2C4)cnn1-c1ccccc1. The molecular weight excluding hydrogens is 366 g/mol. The van der Waals surface area contributed by atoms with E-state index in [9.17, 15) is 4.79 Å². The van der Waals surface area contributed by atoms with Crippen molar-refractivity contribution < 1.29 is 4.79 Å². The standard InChI is InChI=1S/C23H29N3OS/c1-2-8-28-23-20(14-24-26(23)19-6-4-3-5-7-19)22(27)25-21-17-10-15-9-16(12-17)13-18(21)11-15/h3-7,14-18,21H,2,8-13H2,1H3,(H,25,27). The molecule has 4 aliphatic rings. The normalized spacial score (nSPS) is 30.5. The minimum Gasteiger partial charge on any atom is -0.349 e. The lowest BCUT2D eigenvalue weighted by molar-refractivity contribution is -0.0120. The number of benzene rings is 1. The zero-order valence-corrected chi connectivity index (χ0v) is 17.3. The van der Waals surface area contributed by atoms with Crippen molar-refractivity contribution in [1.29, 1.82) is 0 Å². The summed E-state index contributed by atoms with van der Waals surface area (Å²) >= 11 is 1.73. The lowest BCUT2D eigenvalue weighted by Crippen LogP contribution is -2.55. The Hall–Kier alpha value is -1.75. The van der Waals surface area contributed by atoms with Gasteiger partial charge in [-0.15, -0.1) is 11.8 Å². The van der Waals surface area contributed by atoms with Crippen LogP contribution in [0.15, 0.2) is 41.6 Å². The number of thioether (sulfide) groups is 1. The van der Waals surface area contributed by atoms with Gasteiger partial charge in [0.2, 0.25) is 0 Å². The first-order valence-corrected chi connectivity index (χ1v) is 11.8. The van der Waals surface area contributed by atoms with Crippen LogP contribution in [-0.4, -0.2) is 27.5 Å². The highest BCUT2D eigenvalue weighted by Gasteiger charge is 2.48. The van der Waals surface area contributed by atoms with Crippen LogP contribution in [0.5, 0.6) is 0 Å². The highest BCUT2D eigenvalue weighted by atomic mass is 32.2. The molecule has 148 valence electrons. The molecule has 1 aromatic heterocycles. The number of carbonyl (C=O) groups is 1. The summed E-state index contributed by atoms with van der Waals surface area (Å²) in [5.41, 5.74) is 1.74. The zero-order chi connectivity index (χ0) is 19.1. The fourth-order valence-corrected chi connectivity index (χ4v) is 6.95. The van der Waals surface area contributed by atoms with Gasteiger partial charge in [0.15, 0.2) is 0 Å². The van der Waals surface area contributed by atoms with Gasteiger partial charge in [0.1, 0.15) is 5.03 Å². The molecule has 4 nitrogen and oxygen atoms in total. The number of aromatic nitrogens is 2. The highest BCUT2D eigenvalue weighted by molar-refractivity contribution is 7.99. The molecule has 4 saturated carbocycles. The van der Waals surface area contributed by atoms with Gasteiger partial charge in [-0.05, 0) is 80.1 Å². The lowest BCUT2D eigenvalue weighted by Gasteiger charge is -2.54. The second kappa shape index (κ2) is 7.58. The topological polar surface area (TPSA) is 46.9 Å². The summed E-state index contributed by atoms with van der Waals surface area (Å²) in [7, 11) is 0. The minimum atomic E-state index is 0.0678. The van der Waals surface area contributed by atoms with Crippen LogP contribution < -0.4 is 5.32 Å². The Morgan fingerprint density at radius 1 is 1.11 bits per heavy atom. The maximum absolute atomic E-state index is 13.3. The highest BCUT2D eigenvalue weighted by Crippen LogP contribution is 2.53. The van der Waals surface area contributed by atoms with E-state index >= 15 is 0 Å². The van der Waals surface area contributed by atoms with Crippen molar-refractivity contribution in [2.24, 2.45) is 23.7 Å². The number of hydrogen-bond acceptors (Lipinski definition) is 3. The molecule has 0 radical (unpaired) electrons. The van der Waals surface area contributed by atoms with Gasteiger partial charge in [0, 0.05) is 6.04 Å². The predicted octanol–water partition coefficient (Wildman–Crippen LogP) is 4.93. The van der Waals surface area contributed by atoms with E-state index in [0.29, 0.717) is 17.9 Å². The molecular formula is C23H29N3OS. The van der Waals surface area contributed by atoms with Crippen LogP contribution in [0.2, 0.25) is 0 Å². The van der Waals surface area contributed by atoms with Crippen molar-refractivity contribution in [1.82, 2.24) is 15.1 Å². The van der Waals surface area contributed by atoms with E-state index in [0.717, 1.165) is 40.3 Å². The van der Waals surface area contributed by atoms with Gasteiger partial charge in [0.05, 0.1) is 17.4 Å². The van der Waals surface area contributed by atoms with Crippen LogP contribution in [0, 0.1) is 23.7 Å². The van der Waals surface area contributed by atoms with E-state index in [1.807, 2.05) is 35.0 Å². The van der Waals surface area contributed by atoms with Crippen LogP contribution in [0.25, 0.3) is 5.69 Å². The molecule has 0 saturated heterocycles. The van der Waals surface area contributed by atoms with E-state index in [1.165, 1.54) is 32.1 Å². The van der Waals surface area contributed by atoms with Crippen LogP contribution in [-0.2, 0) is 0 Å². The van der Waals surface area contributed by atoms with Gasteiger partial charge < -0.3 is 5.32 Å². The number of nitrogens with zero attached hydrogens (tertiary/aromatic N) is 2.